The SMILES string of the molecule is C[C@H](NCc1ccc(C(=O)O)o1)c1ccc(Br)cc1. The molecule has 0 aliphatic heterocycles. The van der Waals surface area contributed by atoms with Crippen molar-refractivity contribution in [3.05, 3.63) is 58.0 Å². The summed E-state index contributed by atoms with van der Waals surface area (Å²) in [6.45, 7) is 2.54. The summed E-state index contributed by atoms with van der Waals surface area (Å²) in [5.41, 5.74) is 1.16. The van der Waals surface area contributed by atoms with Gasteiger partial charge in [0.1, 0.15) is 5.76 Å². The minimum Gasteiger partial charge on any atom is -0.475 e. The lowest BCUT2D eigenvalue weighted by atomic mass is 10.1. The lowest BCUT2D eigenvalue weighted by Crippen LogP contribution is -2.17. The highest BCUT2D eigenvalue weighted by atomic mass is 79.9. The maximum absolute atomic E-state index is 10.7. The van der Waals surface area contributed by atoms with Crippen molar-refractivity contribution in [1.29, 1.82) is 0 Å². The van der Waals surface area contributed by atoms with E-state index < -0.39 is 5.97 Å². The largest absolute Gasteiger partial charge is 0.475 e. The molecule has 0 spiro atoms. The Morgan fingerprint density at radius 3 is 2.58 bits per heavy atom. The minimum atomic E-state index is -1.05. The molecule has 1 aromatic carbocycles. The molecule has 0 saturated heterocycles. The highest BCUT2D eigenvalue weighted by Gasteiger charge is 2.10. The zero-order chi connectivity index (χ0) is 13.8. The fraction of sp³-hybridized carbons (Fsp3) is 0.214. The molecule has 0 saturated carbocycles. The maximum Gasteiger partial charge on any atom is 0.371 e. The highest BCUT2D eigenvalue weighted by molar-refractivity contribution is 9.10. The summed E-state index contributed by atoms with van der Waals surface area (Å²) in [7, 11) is 0. The van der Waals surface area contributed by atoms with Gasteiger partial charge in [-0.15, -0.1) is 0 Å². The zero-order valence-electron chi connectivity index (χ0n) is 10.4. The number of benzene rings is 1. The first-order valence-electron chi connectivity index (χ1n) is 5.87. The van der Waals surface area contributed by atoms with E-state index in [0.717, 1.165) is 10.0 Å². The number of carboxylic acid groups (broad SMARTS) is 1. The van der Waals surface area contributed by atoms with Crippen LogP contribution in [-0.4, -0.2) is 11.1 Å². The third-order valence-electron chi connectivity index (χ3n) is 2.82. The van der Waals surface area contributed by atoms with E-state index in [9.17, 15) is 4.79 Å². The van der Waals surface area contributed by atoms with Crippen molar-refractivity contribution in [3.8, 4) is 0 Å². The van der Waals surface area contributed by atoms with E-state index in [-0.39, 0.29) is 11.8 Å². The fourth-order valence-electron chi connectivity index (χ4n) is 1.71. The molecule has 0 fully saturated rings. The number of aromatic carboxylic acids is 1. The first kappa shape index (κ1) is 13.8. The van der Waals surface area contributed by atoms with Crippen LogP contribution in [0.15, 0.2) is 45.3 Å². The van der Waals surface area contributed by atoms with Gasteiger partial charge in [-0.2, -0.15) is 0 Å². The molecule has 4 nitrogen and oxygen atoms in total. The molecule has 0 unspecified atom stereocenters. The Bertz CT molecular complexity index is 562. The van der Waals surface area contributed by atoms with Crippen LogP contribution >= 0.6 is 15.9 Å². The van der Waals surface area contributed by atoms with Crippen LogP contribution in [0, 0.1) is 0 Å². The van der Waals surface area contributed by atoms with Gasteiger partial charge in [-0.25, -0.2) is 4.79 Å². The second kappa shape index (κ2) is 6.04. The average molecular weight is 324 g/mol. The van der Waals surface area contributed by atoms with Crippen molar-refractivity contribution >= 4 is 21.9 Å². The van der Waals surface area contributed by atoms with Crippen molar-refractivity contribution in [2.75, 3.05) is 0 Å². The van der Waals surface area contributed by atoms with Crippen molar-refractivity contribution < 1.29 is 14.3 Å². The summed E-state index contributed by atoms with van der Waals surface area (Å²) in [5, 5.41) is 12.0. The molecule has 0 aliphatic rings. The molecule has 2 N–H and O–H groups in total. The quantitative estimate of drug-likeness (QED) is 0.882. The third-order valence-corrected chi connectivity index (χ3v) is 3.35. The van der Waals surface area contributed by atoms with Gasteiger partial charge in [0, 0.05) is 10.5 Å². The molecule has 0 bridgehead atoms. The average Bonchev–Trinajstić information content (AvgIpc) is 2.86. The molecular weight excluding hydrogens is 310 g/mol. The summed E-state index contributed by atoms with van der Waals surface area (Å²) < 4.78 is 6.22. The van der Waals surface area contributed by atoms with E-state index in [0.29, 0.717) is 12.3 Å². The molecular formula is C14H14BrNO3. The van der Waals surface area contributed by atoms with E-state index >= 15 is 0 Å². The second-order valence-electron chi connectivity index (χ2n) is 4.23. The third kappa shape index (κ3) is 3.68. The van der Waals surface area contributed by atoms with Gasteiger partial charge in [-0.1, -0.05) is 28.1 Å². The van der Waals surface area contributed by atoms with E-state index in [2.05, 4.69) is 21.2 Å². The normalized spacial score (nSPS) is 12.3. The summed E-state index contributed by atoms with van der Waals surface area (Å²) in [4.78, 5) is 10.7. The Kier molecular flexibility index (Phi) is 4.39. The Balaban J connectivity index is 1.94. The van der Waals surface area contributed by atoms with Crippen molar-refractivity contribution in [1.82, 2.24) is 5.32 Å². The number of rotatable bonds is 5. The zero-order valence-corrected chi connectivity index (χ0v) is 12.0. The van der Waals surface area contributed by atoms with Crippen LogP contribution in [0.4, 0.5) is 0 Å². The standard InChI is InChI=1S/C14H14BrNO3/c1-9(10-2-4-11(15)5-3-10)16-8-12-6-7-13(19-12)14(17)18/h2-7,9,16H,8H2,1H3,(H,17,18)/t9-/m0/s1. The molecule has 1 aromatic heterocycles. The summed E-state index contributed by atoms with van der Waals surface area (Å²) in [6.07, 6.45) is 0. The molecule has 2 rings (SSSR count). The van der Waals surface area contributed by atoms with Crippen LogP contribution in [0.25, 0.3) is 0 Å². The van der Waals surface area contributed by atoms with Crippen molar-refractivity contribution in [3.63, 3.8) is 0 Å². The number of hydrogen-bond donors (Lipinski definition) is 2. The monoisotopic (exact) mass is 323 g/mol. The van der Waals surface area contributed by atoms with Gasteiger partial charge in [-0.3, -0.25) is 0 Å². The van der Waals surface area contributed by atoms with Crippen molar-refractivity contribution in [2.45, 2.75) is 19.5 Å². The topological polar surface area (TPSA) is 62.5 Å². The van der Waals surface area contributed by atoms with Crippen LogP contribution in [0.5, 0.6) is 0 Å². The predicted molar refractivity (Wildman–Crippen MR) is 75.1 cm³/mol. The van der Waals surface area contributed by atoms with Crippen LogP contribution in [0.1, 0.15) is 34.8 Å². The molecule has 2 aromatic rings. The fourth-order valence-corrected chi connectivity index (χ4v) is 1.98. The van der Waals surface area contributed by atoms with Gasteiger partial charge >= 0.3 is 5.97 Å². The Labute approximate surface area is 119 Å². The number of nitrogens with one attached hydrogen (secondary N) is 1. The smallest absolute Gasteiger partial charge is 0.371 e. The van der Waals surface area contributed by atoms with Crippen LogP contribution in [-0.2, 0) is 6.54 Å². The number of carbonyl (C=O) groups is 1. The van der Waals surface area contributed by atoms with Crippen LogP contribution in [0.3, 0.4) is 0 Å². The molecule has 5 heteroatoms. The molecule has 1 heterocycles. The van der Waals surface area contributed by atoms with Crippen molar-refractivity contribution in [2.24, 2.45) is 0 Å². The lowest BCUT2D eigenvalue weighted by molar-refractivity contribution is 0.0660. The second-order valence-corrected chi connectivity index (χ2v) is 5.14. The first-order valence-corrected chi connectivity index (χ1v) is 6.66. The van der Waals surface area contributed by atoms with Crippen LogP contribution in [0.2, 0.25) is 0 Å². The highest BCUT2D eigenvalue weighted by Crippen LogP contribution is 2.17. The van der Waals surface area contributed by atoms with Gasteiger partial charge in [0.25, 0.3) is 0 Å². The number of carboxylic acids is 1. The summed E-state index contributed by atoms with van der Waals surface area (Å²) >= 11 is 3.40. The predicted octanol–water partition coefficient (Wildman–Crippen LogP) is 3.59. The number of hydrogen-bond acceptors (Lipinski definition) is 3. The Morgan fingerprint density at radius 1 is 1.32 bits per heavy atom. The molecule has 0 amide bonds. The maximum atomic E-state index is 10.7. The lowest BCUT2D eigenvalue weighted by Gasteiger charge is -2.13. The van der Waals surface area contributed by atoms with E-state index in [1.54, 1.807) is 6.07 Å². The van der Waals surface area contributed by atoms with Gasteiger partial charge in [0.2, 0.25) is 5.76 Å². The van der Waals surface area contributed by atoms with E-state index in [4.69, 9.17) is 9.52 Å². The van der Waals surface area contributed by atoms with Crippen LogP contribution < -0.4 is 5.32 Å². The minimum absolute atomic E-state index is 0.0342. The van der Waals surface area contributed by atoms with E-state index in [1.807, 2.05) is 31.2 Å². The van der Waals surface area contributed by atoms with Gasteiger partial charge in [0.05, 0.1) is 6.54 Å². The van der Waals surface area contributed by atoms with Gasteiger partial charge in [0.15, 0.2) is 0 Å². The van der Waals surface area contributed by atoms with Gasteiger partial charge < -0.3 is 14.8 Å². The Hall–Kier alpha value is -1.59. The molecule has 0 aliphatic carbocycles. The molecule has 0 radical (unpaired) electrons. The summed E-state index contributed by atoms with van der Waals surface area (Å²) in [6, 6.07) is 11.3. The number of furan rings is 1. The molecule has 19 heavy (non-hydrogen) atoms. The molecule has 100 valence electrons. The first-order chi connectivity index (χ1) is 9.06. The Morgan fingerprint density at radius 2 is 2.00 bits per heavy atom. The van der Waals surface area contributed by atoms with E-state index in [1.165, 1.54) is 6.07 Å². The number of halogens is 1. The summed E-state index contributed by atoms with van der Waals surface area (Å²) in [5.74, 6) is -0.471. The molecule has 1 atom stereocenters. The van der Waals surface area contributed by atoms with Gasteiger partial charge in [-0.05, 0) is 36.8 Å².